The third-order valence-electron chi connectivity index (χ3n) is 5.30. The van der Waals surface area contributed by atoms with Crippen LogP contribution < -0.4 is 10.5 Å². The van der Waals surface area contributed by atoms with E-state index in [9.17, 15) is 0 Å². The Morgan fingerprint density at radius 3 is 2.90 bits per heavy atom. The van der Waals surface area contributed by atoms with Crippen LogP contribution in [0.15, 0.2) is 66.3 Å². The van der Waals surface area contributed by atoms with Gasteiger partial charge in [-0.15, -0.1) is 11.3 Å². The second-order valence-electron chi connectivity index (χ2n) is 7.52. The van der Waals surface area contributed by atoms with Gasteiger partial charge in [0.05, 0.1) is 11.7 Å². The van der Waals surface area contributed by atoms with E-state index in [1.807, 2.05) is 25.3 Å². The average Bonchev–Trinajstić information content (AvgIpc) is 3.36. The van der Waals surface area contributed by atoms with Crippen LogP contribution >= 0.6 is 11.3 Å². The largest absolute Gasteiger partial charge is 0.490 e. The molecular formula is C24H22N4OS. The summed E-state index contributed by atoms with van der Waals surface area (Å²) in [4.78, 5) is 4.36. The summed E-state index contributed by atoms with van der Waals surface area (Å²) >= 11 is 1.76. The van der Waals surface area contributed by atoms with Crippen LogP contribution in [0.1, 0.15) is 11.3 Å². The summed E-state index contributed by atoms with van der Waals surface area (Å²) in [5.41, 5.74) is 11.8. The number of nitrogens with zero attached hydrogens (tertiary/aromatic N) is 2. The average molecular weight is 415 g/mol. The normalized spacial score (nSPS) is 12.5. The van der Waals surface area contributed by atoms with Crippen LogP contribution in [0.3, 0.4) is 0 Å². The monoisotopic (exact) mass is 414 g/mol. The smallest absolute Gasteiger partial charge is 0.138 e. The van der Waals surface area contributed by atoms with Crippen molar-refractivity contribution in [1.29, 1.82) is 0 Å². The molecule has 0 fully saturated rings. The second-order valence-corrected chi connectivity index (χ2v) is 8.43. The van der Waals surface area contributed by atoms with Crippen molar-refractivity contribution in [3.05, 3.63) is 77.6 Å². The first kappa shape index (κ1) is 18.8. The molecule has 0 spiro atoms. The molecule has 6 heteroatoms. The van der Waals surface area contributed by atoms with Gasteiger partial charge in [0.2, 0.25) is 0 Å². The third kappa shape index (κ3) is 3.67. The number of nitrogens with one attached hydrogen (secondary N) is 1. The SMILES string of the molecule is Cc1[nH]nc2ccc(-c3cncc(OC[C@@H](N)Cc4csc5ccccc45)c3)cc12. The van der Waals surface area contributed by atoms with E-state index in [0.29, 0.717) is 6.61 Å². The lowest BCUT2D eigenvalue weighted by atomic mass is 10.0. The number of aromatic nitrogens is 3. The minimum atomic E-state index is -0.0865. The summed E-state index contributed by atoms with van der Waals surface area (Å²) in [6.45, 7) is 2.46. The topological polar surface area (TPSA) is 76.8 Å². The van der Waals surface area contributed by atoms with E-state index in [1.54, 1.807) is 17.5 Å². The molecule has 0 bridgehead atoms. The quantitative estimate of drug-likeness (QED) is 0.405. The first-order chi connectivity index (χ1) is 14.7. The van der Waals surface area contributed by atoms with Crippen LogP contribution in [0.5, 0.6) is 5.75 Å². The number of rotatable bonds is 6. The van der Waals surface area contributed by atoms with E-state index in [1.165, 1.54) is 15.6 Å². The Morgan fingerprint density at radius 2 is 1.97 bits per heavy atom. The molecule has 3 heterocycles. The summed E-state index contributed by atoms with van der Waals surface area (Å²) in [5, 5.41) is 11.9. The molecule has 0 aliphatic heterocycles. The van der Waals surface area contributed by atoms with Gasteiger partial charge in [-0.25, -0.2) is 0 Å². The number of hydrogen-bond donors (Lipinski definition) is 2. The number of fused-ring (bicyclic) bond motifs is 2. The van der Waals surface area contributed by atoms with Gasteiger partial charge < -0.3 is 10.5 Å². The fourth-order valence-corrected chi connectivity index (χ4v) is 4.68. The summed E-state index contributed by atoms with van der Waals surface area (Å²) in [5.74, 6) is 0.724. The number of thiophene rings is 1. The summed E-state index contributed by atoms with van der Waals surface area (Å²) in [7, 11) is 0. The molecule has 0 aliphatic carbocycles. The Kier molecular flexibility index (Phi) is 4.94. The Morgan fingerprint density at radius 1 is 1.07 bits per heavy atom. The van der Waals surface area contributed by atoms with E-state index in [-0.39, 0.29) is 6.04 Å². The van der Waals surface area contributed by atoms with Crippen molar-refractivity contribution in [2.45, 2.75) is 19.4 Å². The van der Waals surface area contributed by atoms with Crippen LogP contribution in [0, 0.1) is 6.92 Å². The van der Waals surface area contributed by atoms with E-state index in [2.05, 4.69) is 57.0 Å². The fraction of sp³-hybridized carbons (Fsp3) is 0.167. The molecule has 0 radical (unpaired) electrons. The number of aryl methyl sites for hydroxylation is 1. The van der Waals surface area contributed by atoms with Crippen LogP contribution in [-0.2, 0) is 6.42 Å². The van der Waals surface area contributed by atoms with Gasteiger partial charge in [-0.3, -0.25) is 10.1 Å². The highest BCUT2D eigenvalue weighted by atomic mass is 32.1. The fourth-order valence-electron chi connectivity index (χ4n) is 3.71. The molecule has 2 aromatic carbocycles. The van der Waals surface area contributed by atoms with Crippen molar-refractivity contribution in [2.24, 2.45) is 5.73 Å². The molecule has 30 heavy (non-hydrogen) atoms. The number of benzene rings is 2. The molecule has 0 amide bonds. The maximum atomic E-state index is 6.37. The molecule has 0 saturated carbocycles. The van der Waals surface area contributed by atoms with Crippen LogP contribution in [0.2, 0.25) is 0 Å². The lowest BCUT2D eigenvalue weighted by Gasteiger charge is -2.13. The maximum absolute atomic E-state index is 6.37. The third-order valence-corrected chi connectivity index (χ3v) is 6.31. The number of aromatic amines is 1. The number of ether oxygens (including phenoxy) is 1. The maximum Gasteiger partial charge on any atom is 0.138 e. The first-order valence-corrected chi connectivity index (χ1v) is 10.8. The standard InChI is InChI=1S/C24H22N4OS/c1-15-22-10-16(6-7-23(22)28-27-15)17-9-20(12-26-11-17)29-13-19(25)8-18-14-30-24-5-3-2-4-21(18)24/h2-7,9-12,14,19H,8,13,25H2,1H3,(H,27,28)/t19-/m0/s1. The van der Waals surface area contributed by atoms with Crippen LogP contribution in [0.25, 0.3) is 32.1 Å². The number of H-pyrrole nitrogens is 1. The summed E-state index contributed by atoms with van der Waals surface area (Å²) in [6, 6.07) is 16.6. The molecular weight excluding hydrogens is 392 g/mol. The lowest BCUT2D eigenvalue weighted by Crippen LogP contribution is -2.30. The van der Waals surface area contributed by atoms with Gasteiger partial charge in [0.1, 0.15) is 12.4 Å². The lowest BCUT2D eigenvalue weighted by molar-refractivity contribution is 0.287. The van der Waals surface area contributed by atoms with Crippen molar-refractivity contribution in [2.75, 3.05) is 6.61 Å². The Labute approximate surface area is 178 Å². The predicted octanol–water partition coefficient (Wildman–Crippen LogP) is 5.10. The minimum absolute atomic E-state index is 0.0865. The Hall–Kier alpha value is -3.22. The number of nitrogens with two attached hydrogens (primary N) is 1. The van der Waals surface area contributed by atoms with Crippen molar-refractivity contribution in [3.63, 3.8) is 0 Å². The molecule has 0 saturated heterocycles. The van der Waals surface area contributed by atoms with Crippen molar-refractivity contribution in [3.8, 4) is 16.9 Å². The Bertz CT molecular complexity index is 1320. The van der Waals surface area contributed by atoms with E-state index in [4.69, 9.17) is 10.5 Å². The van der Waals surface area contributed by atoms with Crippen molar-refractivity contribution >= 4 is 32.3 Å². The highest BCUT2D eigenvalue weighted by molar-refractivity contribution is 7.17. The van der Waals surface area contributed by atoms with E-state index >= 15 is 0 Å². The molecule has 3 aromatic heterocycles. The van der Waals surface area contributed by atoms with E-state index < -0.39 is 0 Å². The summed E-state index contributed by atoms with van der Waals surface area (Å²) < 4.78 is 7.28. The zero-order chi connectivity index (χ0) is 20.5. The molecule has 1 atom stereocenters. The molecule has 5 rings (SSSR count). The van der Waals surface area contributed by atoms with Crippen molar-refractivity contribution < 1.29 is 4.74 Å². The zero-order valence-corrected chi connectivity index (χ0v) is 17.4. The first-order valence-electron chi connectivity index (χ1n) is 9.91. The van der Waals surface area contributed by atoms with Crippen LogP contribution in [0.4, 0.5) is 0 Å². The van der Waals surface area contributed by atoms with Crippen LogP contribution in [-0.4, -0.2) is 27.8 Å². The van der Waals surface area contributed by atoms with E-state index in [0.717, 1.165) is 39.9 Å². The predicted molar refractivity (Wildman–Crippen MR) is 123 cm³/mol. The second kappa shape index (κ2) is 7.89. The number of pyridine rings is 1. The zero-order valence-electron chi connectivity index (χ0n) is 16.6. The molecule has 5 aromatic rings. The Balaban J connectivity index is 1.29. The molecule has 0 aliphatic rings. The number of hydrogen-bond acceptors (Lipinski definition) is 5. The van der Waals surface area contributed by atoms with Gasteiger partial charge in [0.15, 0.2) is 0 Å². The minimum Gasteiger partial charge on any atom is -0.490 e. The molecule has 3 N–H and O–H groups in total. The molecule has 5 nitrogen and oxygen atoms in total. The molecule has 0 unspecified atom stereocenters. The van der Waals surface area contributed by atoms with Gasteiger partial charge in [-0.1, -0.05) is 24.3 Å². The van der Waals surface area contributed by atoms with Gasteiger partial charge in [-0.05, 0) is 59.5 Å². The highest BCUT2D eigenvalue weighted by Crippen LogP contribution is 2.28. The summed E-state index contributed by atoms with van der Waals surface area (Å²) in [6.07, 6.45) is 4.37. The van der Waals surface area contributed by atoms with Gasteiger partial charge in [0.25, 0.3) is 0 Å². The highest BCUT2D eigenvalue weighted by Gasteiger charge is 2.11. The van der Waals surface area contributed by atoms with Gasteiger partial charge >= 0.3 is 0 Å². The van der Waals surface area contributed by atoms with Gasteiger partial charge in [-0.2, -0.15) is 5.10 Å². The molecule has 150 valence electrons. The van der Waals surface area contributed by atoms with Crippen molar-refractivity contribution in [1.82, 2.24) is 15.2 Å². The van der Waals surface area contributed by atoms with Gasteiger partial charge in [0, 0.05) is 33.6 Å².